The van der Waals surface area contributed by atoms with Crippen LogP contribution >= 0.6 is 11.3 Å². The fourth-order valence-corrected chi connectivity index (χ4v) is 3.73. The Labute approximate surface area is 172 Å². The van der Waals surface area contributed by atoms with Gasteiger partial charge in [-0.2, -0.15) is 18.4 Å². The second-order valence-electron chi connectivity index (χ2n) is 6.28. The van der Waals surface area contributed by atoms with Crippen molar-refractivity contribution in [1.29, 1.82) is 5.26 Å². The molecule has 0 saturated heterocycles. The minimum atomic E-state index is -4.55. The second-order valence-corrected chi connectivity index (χ2v) is 7.14. The molecule has 0 fully saturated rings. The van der Waals surface area contributed by atoms with E-state index in [1.807, 2.05) is 6.07 Å². The Hall–Kier alpha value is -3.70. The Morgan fingerprint density at radius 1 is 1.13 bits per heavy atom. The van der Waals surface area contributed by atoms with E-state index in [4.69, 9.17) is 4.42 Å². The van der Waals surface area contributed by atoms with Crippen LogP contribution in [-0.4, -0.2) is 4.98 Å². The van der Waals surface area contributed by atoms with E-state index in [0.717, 1.165) is 23.5 Å². The lowest BCUT2D eigenvalue weighted by Crippen LogP contribution is -2.07. The molecule has 2 aromatic heterocycles. The molecule has 2 aromatic carbocycles. The van der Waals surface area contributed by atoms with Gasteiger partial charge in [-0.3, -0.25) is 0 Å². The lowest BCUT2D eigenvalue weighted by molar-refractivity contribution is -0.137. The highest BCUT2D eigenvalue weighted by atomic mass is 32.1. The van der Waals surface area contributed by atoms with Crippen molar-refractivity contribution in [2.24, 2.45) is 0 Å². The predicted octanol–water partition coefficient (Wildman–Crippen LogP) is 6.00. The summed E-state index contributed by atoms with van der Waals surface area (Å²) in [6.07, 6.45) is -3.40. The minimum absolute atomic E-state index is 0.0341. The number of rotatable bonds is 3. The van der Waals surface area contributed by atoms with Crippen LogP contribution in [0.3, 0.4) is 0 Å². The number of benzene rings is 2. The second kappa shape index (κ2) is 7.61. The van der Waals surface area contributed by atoms with Crippen molar-refractivity contribution in [2.45, 2.75) is 6.18 Å². The number of aromatic nitrogens is 1. The Balaban J connectivity index is 1.77. The third-order valence-electron chi connectivity index (χ3n) is 4.34. The lowest BCUT2D eigenvalue weighted by Gasteiger charge is -2.09. The molecular formula is C22H11F3N2O2S. The molecule has 0 radical (unpaired) electrons. The highest BCUT2D eigenvalue weighted by molar-refractivity contribution is 7.11. The summed E-state index contributed by atoms with van der Waals surface area (Å²) in [5, 5.41) is 12.0. The third kappa shape index (κ3) is 3.75. The molecule has 0 aliphatic rings. The molecule has 30 heavy (non-hydrogen) atoms. The standard InChI is InChI=1S/C22H11F3N2O2S/c23-22(24,25)17-7-3-1-5-13(17)9-15(11-26)20-27-18(12-30-20)16-10-14-6-2-4-8-19(14)29-21(16)28/h1-10,12H/b15-9+. The summed E-state index contributed by atoms with van der Waals surface area (Å²) in [5.74, 6) is 0. The maximum Gasteiger partial charge on any atom is 0.416 e. The highest BCUT2D eigenvalue weighted by Gasteiger charge is 2.32. The summed E-state index contributed by atoms with van der Waals surface area (Å²) in [6.45, 7) is 0. The number of halogens is 3. The zero-order chi connectivity index (χ0) is 21.3. The van der Waals surface area contributed by atoms with E-state index in [2.05, 4.69) is 4.98 Å². The van der Waals surface area contributed by atoms with Crippen molar-refractivity contribution < 1.29 is 17.6 Å². The minimum Gasteiger partial charge on any atom is -0.422 e. The van der Waals surface area contributed by atoms with Crippen molar-refractivity contribution in [3.8, 4) is 17.3 Å². The summed E-state index contributed by atoms with van der Waals surface area (Å²) in [4.78, 5) is 16.6. The molecule has 4 nitrogen and oxygen atoms in total. The largest absolute Gasteiger partial charge is 0.422 e. The average molecular weight is 424 g/mol. The van der Waals surface area contributed by atoms with Gasteiger partial charge in [0, 0.05) is 10.8 Å². The maximum atomic E-state index is 13.2. The smallest absolute Gasteiger partial charge is 0.416 e. The molecule has 0 saturated carbocycles. The van der Waals surface area contributed by atoms with Gasteiger partial charge >= 0.3 is 11.8 Å². The highest BCUT2D eigenvalue weighted by Crippen LogP contribution is 2.34. The van der Waals surface area contributed by atoms with Crippen molar-refractivity contribution in [3.63, 3.8) is 0 Å². The summed E-state index contributed by atoms with van der Waals surface area (Å²) in [5.41, 5.74) is -0.663. The number of hydrogen-bond acceptors (Lipinski definition) is 5. The molecule has 0 N–H and O–H groups in total. The molecule has 0 bridgehead atoms. The van der Waals surface area contributed by atoms with Gasteiger partial charge in [0.15, 0.2) is 0 Å². The Morgan fingerprint density at radius 3 is 2.63 bits per heavy atom. The first kappa shape index (κ1) is 19.6. The zero-order valence-corrected chi connectivity index (χ0v) is 15.9. The van der Waals surface area contributed by atoms with Crippen LogP contribution < -0.4 is 5.63 Å². The van der Waals surface area contributed by atoms with Crippen LogP contribution in [0.25, 0.3) is 33.9 Å². The van der Waals surface area contributed by atoms with Crippen LogP contribution in [0.1, 0.15) is 16.1 Å². The van der Waals surface area contributed by atoms with Crippen LogP contribution in [0.5, 0.6) is 0 Å². The van der Waals surface area contributed by atoms with Gasteiger partial charge in [-0.15, -0.1) is 11.3 Å². The fourth-order valence-electron chi connectivity index (χ4n) is 2.94. The van der Waals surface area contributed by atoms with Crippen LogP contribution in [0, 0.1) is 11.3 Å². The number of nitrogens with zero attached hydrogens (tertiary/aromatic N) is 2. The van der Waals surface area contributed by atoms with E-state index in [1.165, 1.54) is 18.2 Å². The van der Waals surface area contributed by atoms with E-state index in [9.17, 15) is 23.2 Å². The molecule has 0 amide bonds. The molecule has 4 aromatic rings. The van der Waals surface area contributed by atoms with Gasteiger partial charge in [0.25, 0.3) is 0 Å². The number of para-hydroxylation sites is 1. The average Bonchev–Trinajstić information content (AvgIpc) is 3.20. The summed E-state index contributed by atoms with van der Waals surface area (Å²) in [6, 6.07) is 15.5. The third-order valence-corrected chi connectivity index (χ3v) is 5.21. The first-order valence-electron chi connectivity index (χ1n) is 8.64. The molecule has 0 aliphatic carbocycles. The molecular weight excluding hydrogens is 413 g/mol. The summed E-state index contributed by atoms with van der Waals surface area (Å²) < 4.78 is 45.0. The Kier molecular flexibility index (Phi) is 4.98. The van der Waals surface area contributed by atoms with Gasteiger partial charge < -0.3 is 4.42 Å². The summed E-state index contributed by atoms with van der Waals surface area (Å²) >= 11 is 1.06. The van der Waals surface area contributed by atoms with E-state index in [1.54, 1.807) is 35.7 Å². The number of hydrogen-bond donors (Lipinski definition) is 0. The van der Waals surface area contributed by atoms with Crippen molar-refractivity contribution >= 4 is 34.0 Å². The molecule has 148 valence electrons. The first-order chi connectivity index (χ1) is 14.4. The first-order valence-corrected chi connectivity index (χ1v) is 9.52. The molecule has 0 aliphatic heterocycles. The zero-order valence-electron chi connectivity index (χ0n) is 15.1. The molecule has 2 heterocycles. The van der Waals surface area contributed by atoms with E-state index in [-0.39, 0.29) is 21.7 Å². The number of allylic oxidation sites excluding steroid dienone is 1. The molecule has 0 atom stereocenters. The molecule has 0 unspecified atom stereocenters. The SMILES string of the molecule is N#C/C(=C\c1ccccc1C(F)(F)F)c1nc(-c2cc3ccccc3oc2=O)cs1. The number of nitriles is 1. The fraction of sp³-hybridized carbons (Fsp3) is 0.0455. The topological polar surface area (TPSA) is 66.9 Å². The number of thiazole rings is 1. The predicted molar refractivity (Wildman–Crippen MR) is 109 cm³/mol. The van der Waals surface area contributed by atoms with Gasteiger partial charge in [0.2, 0.25) is 0 Å². The van der Waals surface area contributed by atoms with Gasteiger partial charge in [-0.25, -0.2) is 9.78 Å². The van der Waals surface area contributed by atoms with Gasteiger partial charge in [-0.1, -0.05) is 36.4 Å². The van der Waals surface area contributed by atoms with Crippen LogP contribution in [0.4, 0.5) is 13.2 Å². The number of alkyl halides is 3. The Bertz CT molecular complexity index is 1380. The van der Waals surface area contributed by atoms with Gasteiger partial charge in [0.05, 0.1) is 22.4 Å². The van der Waals surface area contributed by atoms with Crippen molar-refractivity contribution in [1.82, 2.24) is 4.98 Å². The van der Waals surface area contributed by atoms with Crippen molar-refractivity contribution in [2.75, 3.05) is 0 Å². The van der Waals surface area contributed by atoms with Gasteiger partial charge in [0.1, 0.15) is 16.7 Å². The van der Waals surface area contributed by atoms with E-state index in [0.29, 0.717) is 16.7 Å². The lowest BCUT2D eigenvalue weighted by atomic mass is 10.0. The molecule has 4 rings (SSSR count). The van der Waals surface area contributed by atoms with Gasteiger partial charge in [-0.05, 0) is 29.8 Å². The van der Waals surface area contributed by atoms with E-state index < -0.39 is 17.4 Å². The molecule has 8 heteroatoms. The van der Waals surface area contributed by atoms with Crippen LogP contribution in [0.2, 0.25) is 0 Å². The normalized spacial score (nSPS) is 12.1. The quantitative estimate of drug-likeness (QED) is 0.299. The maximum absolute atomic E-state index is 13.2. The molecule has 0 spiro atoms. The van der Waals surface area contributed by atoms with Crippen LogP contribution in [0.15, 0.2) is 69.2 Å². The van der Waals surface area contributed by atoms with Crippen LogP contribution in [-0.2, 0) is 6.18 Å². The number of fused-ring (bicyclic) bond motifs is 1. The monoisotopic (exact) mass is 424 g/mol. The van der Waals surface area contributed by atoms with Crippen molar-refractivity contribution in [3.05, 3.63) is 86.5 Å². The Morgan fingerprint density at radius 2 is 1.87 bits per heavy atom. The van der Waals surface area contributed by atoms with E-state index >= 15 is 0 Å². The summed E-state index contributed by atoms with van der Waals surface area (Å²) in [7, 11) is 0.